The number of sulfonamides is 1. The molecular weight excluding hydrogens is 412 g/mol. The fourth-order valence-electron chi connectivity index (χ4n) is 3.09. The molecule has 1 atom stereocenters. The smallest absolute Gasteiger partial charge is 0.406 e. The van der Waals surface area contributed by atoms with Crippen molar-refractivity contribution < 1.29 is 22.9 Å². The van der Waals surface area contributed by atoms with Crippen molar-refractivity contribution in [3.63, 3.8) is 0 Å². The molecule has 1 aliphatic rings. The Hall–Kier alpha value is -3.05. The largest absolute Gasteiger partial charge is 0.473 e. The molecule has 1 amide bonds. The van der Waals surface area contributed by atoms with Gasteiger partial charge in [-0.05, 0) is 60.0 Å². The summed E-state index contributed by atoms with van der Waals surface area (Å²) in [5.41, 5.74) is 0.286. The van der Waals surface area contributed by atoms with Crippen LogP contribution in [0.1, 0.15) is 26.2 Å². The molecule has 0 radical (unpaired) electrons. The minimum atomic E-state index is -3.64. The van der Waals surface area contributed by atoms with Gasteiger partial charge < -0.3 is 20.2 Å². The number of nitrogens with one attached hydrogen (secondary N) is 1. The van der Waals surface area contributed by atoms with Crippen molar-refractivity contribution in [2.24, 2.45) is 0 Å². The number of piperidine rings is 1. The van der Waals surface area contributed by atoms with Crippen molar-refractivity contribution in [1.82, 2.24) is 9.29 Å². The van der Waals surface area contributed by atoms with Gasteiger partial charge >= 0.3 is 5.82 Å². The van der Waals surface area contributed by atoms with E-state index in [1.807, 2.05) is 0 Å². The molecular formula is C19H22N4O6S. The highest BCUT2D eigenvalue weighted by Crippen LogP contribution is 2.25. The summed E-state index contributed by atoms with van der Waals surface area (Å²) in [4.78, 5) is 26.5. The Balaban J connectivity index is 1.71. The number of hydrogen-bond acceptors (Lipinski definition) is 7. The molecule has 1 N–H and O–H groups in total. The summed E-state index contributed by atoms with van der Waals surface area (Å²) in [7, 11) is -3.64. The van der Waals surface area contributed by atoms with E-state index >= 15 is 0 Å². The Kier molecular flexibility index (Phi) is 6.63. The number of carbonyl (C=O) groups excluding carboxylic acids is 1. The van der Waals surface area contributed by atoms with Crippen molar-refractivity contribution in [3.8, 4) is 5.75 Å². The number of rotatable bonds is 7. The van der Waals surface area contributed by atoms with E-state index in [1.54, 1.807) is 12.1 Å². The number of nitro groups is 1. The van der Waals surface area contributed by atoms with Gasteiger partial charge in [0.1, 0.15) is 6.20 Å². The first kappa shape index (κ1) is 21.7. The standard InChI is InChI=1S/C19H22N4O6S/c1-14(29-17-9-6-10-20-18(17)23(25)26)19(24)21-15-7-5-8-16(13-15)30(27,28)22-11-3-2-4-12-22/h5-10,13-14H,2-4,11-12H2,1H3,(H,21,24). The highest BCUT2D eigenvalue weighted by Gasteiger charge is 2.27. The Morgan fingerprint density at radius 1 is 1.23 bits per heavy atom. The molecule has 30 heavy (non-hydrogen) atoms. The van der Waals surface area contributed by atoms with Crippen LogP contribution in [0.15, 0.2) is 47.5 Å². The summed E-state index contributed by atoms with van der Waals surface area (Å²) in [5.74, 6) is -1.21. The number of pyridine rings is 1. The summed E-state index contributed by atoms with van der Waals surface area (Å²) < 4.78 is 32.5. The van der Waals surface area contributed by atoms with Crippen LogP contribution < -0.4 is 10.1 Å². The van der Waals surface area contributed by atoms with Crippen LogP contribution in [0.2, 0.25) is 0 Å². The van der Waals surface area contributed by atoms with Crippen LogP contribution in [-0.4, -0.2) is 47.7 Å². The van der Waals surface area contributed by atoms with E-state index in [9.17, 15) is 23.3 Å². The monoisotopic (exact) mass is 434 g/mol. The molecule has 0 saturated carbocycles. The number of hydrogen-bond donors (Lipinski definition) is 1. The van der Waals surface area contributed by atoms with Gasteiger partial charge in [0.25, 0.3) is 5.91 Å². The number of ether oxygens (including phenoxy) is 1. The lowest BCUT2D eigenvalue weighted by atomic mass is 10.2. The van der Waals surface area contributed by atoms with Crippen LogP contribution in [0.5, 0.6) is 5.75 Å². The van der Waals surface area contributed by atoms with E-state index in [0.29, 0.717) is 13.1 Å². The number of aromatic nitrogens is 1. The van der Waals surface area contributed by atoms with Gasteiger partial charge in [0.05, 0.1) is 4.90 Å². The van der Waals surface area contributed by atoms with E-state index in [0.717, 1.165) is 19.3 Å². The first-order valence-electron chi connectivity index (χ1n) is 9.46. The molecule has 1 unspecified atom stereocenters. The zero-order chi connectivity index (χ0) is 21.7. The second-order valence-electron chi connectivity index (χ2n) is 6.82. The highest BCUT2D eigenvalue weighted by atomic mass is 32.2. The van der Waals surface area contributed by atoms with Gasteiger partial charge in [0, 0.05) is 18.8 Å². The molecule has 2 heterocycles. The Bertz CT molecular complexity index is 1040. The minimum absolute atomic E-state index is 0.0960. The molecule has 0 bridgehead atoms. The quantitative estimate of drug-likeness (QED) is 0.523. The maximum absolute atomic E-state index is 12.8. The first-order chi connectivity index (χ1) is 14.3. The van der Waals surface area contributed by atoms with Gasteiger partial charge in [-0.25, -0.2) is 8.42 Å². The first-order valence-corrected chi connectivity index (χ1v) is 10.9. The van der Waals surface area contributed by atoms with Crippen LogP contribution in [0.4, 0.5) is 11.5 Å². The van der Waals surface area contributed by atoms with Gasteiger partial charge in [0.2, 0.25) is 15.8 Å². The Morgan fingerprint density at radius 2 is 1.97 bits per heavy atom. The van der Waals surface area contributed by atoms with Gasteiger partial charge in [-0.2, -0.15) is 4.31 Å². The van der Waals surface area contributed by atoms with Gasteiger partial charge in [-0.15, -0.1) is 0 Å². The molecule has 0 aliphatic carbocycles. The van der Waals surface area contributed by atoms with E-state index in [2.05, 4.69) is 10.3 Å². The molecule has 3 rings (SSSR count). The number of nitrogens with zero attached hydrogens (tertiary/aromatic N) is 3. The van der Waals surface area contributed by atoms with Gasteiger partial charge in [0.15, 0.2) is 6.10 Å². The second kappa shape index (κ2) is 9.18. The molecule has 2 aromatic rings. The summed E-state index contributed by atoms with van der Waals surface area (Å²) >= 11 is 0. The third-order valence-electron chi connectivity index (χ3n) is 4.65. The number of benzene rings is 1. The highest BCUT2D eigenvalue weighted by molar-refractivity contribution is 7.89. The zero-order valence-corrected chi connectivity index (χ0v) is 17.2. The minimum Gasteiger partial charge on any atom is -0.473 e. The molecule has 1 fully saturated rings. The average Bonchev–Trinajstić information content (AvgIpc) is 2.74. The third-order valence-corrected chi connectivity index (χ3v) is 6.55. The lowest BCUT2D eigenvalue weighted by Gasteiger charge is -2.26. The normalized spacial score (nSPS) is 15.9. The molecule has 1 aromatic heterocycles. The van der Waals surface area contributed by atoms with Crippen molar-refractivity contribution >= 4 is 27.4 Å². The predicted molar refractivity (Wildman–Crippen MR) is 109 cm³/mol. The van der Waals surface area contributed by atoms with Crippen LogP contribution in [0, 0.1) is 10.1 Å². The number of amides is 1. The van der Waals surface area contributed by atoms with Crippen LogP contribution in [-0.2, 0) is 14.8 Å². The second-order valence-corrected chi connectivity index (χ2v) is 8.76. The van der Waals surface area contributed by atoms with Crippen molar-refractivity contribution in [3.05, 3.63) is 52.7 Å². The van der Waals surface area contributed by atoms with Crippen molar-refractivity contribution in [2.45, 2.75) is 37.2 Å². The maximum Gasteiger partial charge on any atom is 0.406 e. The van der Waals surface area contributed by atoms with Crippen LogP contribution >= 0.6 is 0 Å². The molecule has 0 spiro atoms. The summed E-state index contributed by atoms with van der Waals surface area (Å²) in [5, 5.41) is 13.6. The fourth-order valence-corrected chi connectivity index (χ4v) is 4.65. The molecule has 160 valence electrons. The van der Waals surface area contributed by atoms with Crippen molar-refractivity contribution in [1.29, 1.82) is 0 Å². The Morgan fingerprint density at radius 3 is 2.67 bits per heavy atom. The zero-order valence-electron chi connectivity index (χ0n) is 16.4. The average molecular weight is 434 g/mol. The summed E-state index contributed by atoms with van der Waals surface area (Å²) in [6.07, 6.45) is 2.84. The SMILES string of the molecule is CC(Oc1cccnc1[N+](=O)[O-])C(=O)Nc1cccc(S(=O)(=O)N2CCCCC2)c1. The van der Waals surface area contributed by atoms with Crippen molar-refractivity contribution in [2.75, 3.05) is 18.4 Å². The number of carbonyl (C=O) groups is 1. The Labute approximate surface area is 174 Å². The number of anilines is 1. The van der Waals surface area contributed by atoms with Gasteiger partial charge in [-0.1, -0.05) is 12.5 Å². The summed E-state index contributed by atoms with van der Waals surface area (Å²) in [6, 6.07) is 8.79. The van der Waals surface area contributed by atoms with Crippen LogP contribution in [0.3, 0.4) is 0 Å². The van der Waals surface area contributed by atoms with E-state index < -0.39 is 32.8 Å². The van der Waals surface area contributed by atoms with E-state index in [1.165, 1.54) is 41.7 Å². The molecule has 1 aromatic carbocycles. The molecule has 1 saturated heterocycles. The third kappa shape index (κ3) is 4.92. The van der Waals surface area contributed by atoms with E-state index in [-0.39, 0.29) is 16.3 Å². The topological polar surface area (TPSA) is 132 Å². The fraction of sp³-hybridized carbons (Fsp3) is 0.368. The molecule has 1 aliphatic heterocycles. The molecule has 10 nitrogen and oxygen atoms in total. The maximum atomic E-state index is 12.8. The lowest BCUT2D eigenvalue weighted by molar-refractivity contribution is -0.390. The van der Waals surface area contributed by atoms with Crippen LogP contribution in [0.25, 0.3) is 0 Å². The van der Waals surface area contributed by atoms with E-state index in [4.69, 9.17) is 4.74 Å². The van der Waals surface area contributed by atoms with Gasteiger partial charge in [-0.3, -0.25) is 4.79 Å². The lowest BCUT2D eigenvalue weighted by Crippen LogP contribution is -2.35. The molecule has 11 heteroatoms. The predicted octanol–water partition coefficient (Wildman–Crippen LogP) is 2.57. The summed E-state index contributed by atoms with van der Waals surface area (Å²) in [6.45, 7) is 2.39.